The summed E-state index contributed by atoms with van der Waals surface area (Å²) in [7, 11) is -10.2. The van der Waals surface area contributed by atoms with E-state index < -0.39 is 40.1 Å². The van der Waals surface area contributed by atoms with Crippen molar-refractivity contribution in [3.8, 4) is 11.5 Å². The molecule has 354 valence electrons. The quantitative estimate of drug-likeness (QED) is 0.0637. The Morgan fingerprint density at radius 3 is 1.37 bits per heavy atom. The monoisotopic (exact) mass is 972 g/mol. The van der Waals surface area contributed by atoms with Crippen molar-refractivity contribution in [3.05, 3.63) is 138 Å². The minimum Gasteiger partial charge on any atom is -0.492 e. The molecular weight excluding hydrogens is 913 g/mol. The lowest BCUT2D eigenvalue weighted by Crippen LogP contribution is -2.37. The number of hydrogen-bond donors (Lipinski definition) is 4. The van der Waals surface area contributed by atoms with Crippen LogP contribution in [0.3, 0.4) is 0 Å². The minimum absolute atomic E-state index is 0.0535. The summed E-state index contributed by atoms with van der Waals surface area (Å²) in [5.41, 5.74) is 4.49. The molecule has 1 aliphatic rings. The number of sulfonamides is 4. The molecule has 1 aliphatic carbocycles. The van der Waals surface area contributed by atoms with Crippen molar-refractivity contribution < 1.29 is 43.1 Å². The third kappa shape index (κ3) is 19.2. The highest BCUT2D eigenvalue weighted by Gasteiger charge is 2.20. The first-order valence-electron chi connectivity index (χ1n) is 20.9. The Labute approximate surface area is 385 Å². The van der Waals surface area contributed by atoms with Gasteiger partial charge < -0.3 is 19.3 Å². The Hall–Kier alpha value is -4.96. The molecule has 20 heteroatoms. The van der Waals surface area contributed by atoms with Crippen LogP contribution in [0.4, 0.5) is 17.1 Å². The molecule has 0 saturated carbocycles. The highest BCUT2D eigenvalue weighted by molar-refractivity contribution is 7.92. The first kappa shape index (κ1) is 51.0. The molecule has 4 aromatic rings. The van der Waals surface area contributed by atoms with Gasteiger partial charge >= 0.3 is 0 Å². The van der Waals surface area contributed by atoms with Crippen molar-refractivity contribution in [1.82, 2.24) is 14.5 Å². The van der Waals surface area contributed by atoms with Gasteiger partial charge in [-0.05, 0) is 110 Å². The molecule has 2 unspecified atom stereocenters. The number of likely N-dealkylation sites (N-methyl/N-ethyl adjacent to an activating group) is 2. The summed E-state index contributed by atoms with van der Waals surface area (Å²) in [5, 5.41) is 0. The van der Waals surface area contributed by atoms with Crippen LogP contribution >= 0.6 is 0 Å². The Kier molecular flexibility index (Phi) is 18.0. The first-order valence-corrected chi connectivity index (χ1v) is 28.0. The van der Waals surface area contributed by atoms with E-state index in [-0.39, 0.29) is 23.5 Å². The third-order valence-corrected chi connectivity index (χ3v) is 14.0. The number of benzene rings is 4. The number of anilines is 3. The molecule has 4 aromatic carbocycles. The van der Waals surface area contributed by atoms with Gasteiger partial charge in [-0.1, -0.05) is 67.1 Å². The maximum atomic E-state index is 13.0. The van der Waals surface area contributed by atoms with Gasteiger partial charge in [0.1, 0.15) is 24.7 Å². The molecule has 65 heavy (non-hydrogen) atoms. The van der Waals surface area contributed by atoms with Gasteiger partial charge in [-0.15, -0.1) is 0 Å². The van der Waals surface area contributed by atoms with Crippen molar-refractivity contribution in [1.29, 1.82) is 0 Å². The second-order valence-electron chi connectivity index (χ2n) is 16.3. The van der Waals surface area contributed by atoms with E-state index in [0.717, 1.165) is 49.6 Å². The van der Waals surface area contributed by atoms with Gasteiger partial charge in [-0.2, -0.15) is 0 Å². The average molecular weight is 973 g/mol. The zero-order valence-corrected chi connectivity index (χ0v) is 40.6. The molecule has 0 aromatic heterocycles. The van der Waals surface area contributed by atoms with E-state index in [0.29, 0.717) is 66.0 Å². The van der Waals surface area contributed by atoms with Crippen LogP contribution in [0.25, 0.3) is 0 Å². The lowest BCUT2D eigenvalue weighted by Gasteiger charge is -2.24. The SMILES string of the molecule is CC1C=C(CCN(C)CCOc2ccc(NS(=O)(=O)Cc3ccc(CS(=O)(=O)Nc4ccc(OCCN(C)CCc5ccc(NS(C)(=O)=O)cc5)cc4)cc3)cc2)C=CC1NS(C)(=O)=O. The van der Waals surface area contributed by atoms with Crippen LogP contribution in [0, 0.1) is 5.92 Å². The zero-order valence-electron chi connectivity index (χ0n) is 37.3. The zero-order chi connectivity index (χ0) is 47.3. The molecule has 0 heterocycles. The minimum atomic E-state index is -3.78. The van der Waals surface area contributed by atoms with Crippen molar-refractivity contribution in [2.24, 2.45) is 5.92 Å². The van der Waals surface area contributed by atoms with E-state index in [9.17, 15) is 33.7 Å². The molecule has 0 bridgehead atoms. The van der Waals surface area contributed by atoms with Crippen molar-refractivity contribution in [2.45, 2.75) is 37.3 Å². The van der Waals surface area contributed by atoms with Crippen LogP contribution in [0.5, 0.6) is 11.5 Å². The first-order chi connectivity index (χ1) is 30.6. The largest absolute Gasteiger partial charge is 0.492 e. The van der Waals surface area contributed by atoms with Crippen molar-refractivity contribution in [2.75, 3.05) is 80.2 Å². The molecule has 0 saturated heterocycles. The molecule has 0 spiro atoms. The maximum Gasteiger partial charge on any atom is 0.236 e. The predicted molar refractivity (Wildman–Crippen MR) is 259 cm³/mol. The second kappa shape index (κ2) is 23.0. The lowest BCUT2D eigenvalue weighted by atomic mass is 9.92. The van der Waals surface area contributed by atoms with Crippen LogP contribution in [0.2, 0.25) is 0 Å². The van der Waals surface area contributed by atoms with Gasteiger partial charge in [0, 0.05) is 49.3 Å². The van der Waals surface area contributed by atoms with E-state index in [4.69, 9.17) is 9.47 Å². The number of allylic oxidation sites excluding steroid dienone is 1. The summed E-state index contributed by atoms with van der Waals surface area (Å²) < 4.78 is 120. The van der Waals surface area contributed by atoms with E-state index in [2.05, 4.69) is 34.8 Å². The maximum absolute atomic E-state index is 13.0. The highest BCUT2D eigenvalue weighted by atomic mass is 32.2. The Balaban J connectivity index is 0.972. The van der Waals surface area contributed by atoms with Crippen LogP contribution < -0.4 is 28.4 Å². The molecule has 0 radical (unpaired) electrons. The topological polar surface area (TPSA) is 210 Å². The Bertz CT molecular complexity index is 2680. The molecule has 0 aliphatic heterocycles. The number of rotatable bonds is 26. The summed E-state index contributed by atoms with van der Waals surface area (Å²) in [6.07, 6.45) is 9.82. The van der Waals surface area contributed by atoms with Gasteiger partial charge in [0.2, 0.25) is 40.1 Å². The number of hydrogen-bond acceptors (Lipinski definition) is 12. The molecule has 0 amide bonds. The third-order valence-electron chi connectivity index (χ3n) is 10.2. The fourth-order valence-electron chi connectivity index (χ4n) is 6.76. The molecule has 2 atom stereocenters. The van der Waals surface area contributed by atoms with Crippen LogP contribution in [-0.2, 0) is 58.0 Å². The Morgan fingerprint density at radius 2 is 0.938 bits per heavy atom. The van der Waals surface area contributed by atoms with E-state index >= 15 is 0 Å². The average Bonchev–Trinajstić information content (AvgIpc) is 3.21. The fourth-order valence-corrected chi connectivity index (χ4v) is 10.5. The summed E-state index contributed by atoms with van der Waals surface area (Å²) in [4.78, 5) is 4.26. The lowest BCUT2D eigenvalue weighted by molar-refractivity contribution is 0.239. The summed E-state index contributed by atoms with van der Waals surface area (Å²) in [6, 6.07) is 26.7. The van der Waals surface area contributed by atoms with Gasteiger partial charge in [0.15, 0.2) is 0 Å². The normalized spacial score (nSPS) is 15.7. The van der Waals surface area contributed by atoms with Gasteiger partial charge in [-0.3, -0.25) is 14.2 Å². The number of nitrogens with zero attached hydrogens (tertiary/aromatic N) is 2. The number of ether oxygens (including phenoxy) is 2. The fraction of sp³-hybridized carbons (Fsp3) is 0.378. The van der Waals surface area contributed by atoms with Crippen LogP contribution in [-0.4, -0.2) is 116 Å². The van der Waals surface area contributed by atoms with Crippen LogP contribution in [0.1, 0.15) is 30.0 Å². The molecule has 0 fully saturated rings. The second-order valence-corrected chi connectivity index (χ2v) is 23.3. The Morgan fingerprint density at radius 1 is 0.523 bits per heavy atom. The smallest absolute Gasteiger partial charge is 0.236 e. The van der Waals surface area contributed by atoms with Crippen molar-refractivity contribution >= 4 is 57.2 Å². The van der Waals surface area contributed by atoms with Gasteiger partial charge in [0.05, 0.1) is 24.0 Å². The molecular formula is C45H60N6O10S4. The van der Waals surface area contributed by atoms with Crippen molar-refractivity contribution in [3.63, 3.8) is 0 Å². The molecule has 4 N–H and O–H groups in total. The van der Waals surface area contributed by atoms with Gasteiger partial charge in [0.25, 0.3) is 0 Å². The standard InChI is InChI=1S/C45H60N6O10S4/c1-35-32-37(12-23-45(35)49-63(5,54)55)25-27-51(3)29-31-61-44-21-17-42(18-22-44)48-65(58,59)34-39-8-6-38(7-9-39)33-64(56,57)47-41-15-19-43(20-16-41)60-30-28-50(2)26-24-36-10-13-40(14-11-36)46-62(4,52)53/h6-23,32,35,45-49H,24-31,33-34H2,1-5H3. The highest BCUT2D eigenvalue weighted by Crippen LogP contribution is 2.22. The molecule has 5 rings (SSSR count). The van der Waals surface area contributed by atoms with Gasteiger partial charge in [-0.25, -0.2) is 38.4 Å². The van der Waals surface area contributed by atoms with E-state index in [1.807, 2.05) is 45.3 Å². The summed E-state index contributed by atoms with van der Waals surface area (Å²) >= 11 is 0. The van der Waals surface area contributed by atoms with E-state index in [1.54, 1.807) is 84.9 Å². The molecule has 16 nitrogen and oxygen atoms in total. The number of nitrogens with one attached hydrogen (secondary N) is 4. The summed E-state index contributed by atoms with van der Waals surface area (Å²) in [5.74, 6) is 0.632. The predicted octanol–water partition coefficient (Wildman–Crippen LogP) is 5.25. The summed E-state index contributed by atoms with van der Waals surface area (Å²) in [6.45, 7) is 5.74. The van der Waals surface area contributed by atoms with E-state index in [1.165, 1.54) is 0 Å². The van der Waals surface area contributed by atoms with Crippen LogP contribution in [0.15, 0.2) is 121 Å².